The Bertz CT molecular complexity index is 1560. The number of amides is 2. The molecule has 0 bridgehead atoms. The third-order valence-corrected chi connectivity index (χ3v) is 6.19. The number of aromatic carboxylic acids is 1. The predicted molar refractivity (Wildman–Crippen MR) is 129 cm³/mol. The first-order chi connectivity index (χ1) is 18.3. The summed E-state index contributed by atoms with van der Waals surface area (Å²) in [5.74, 6) is -2.58. The third-order valence-electron chi connectivity index (χ3n) is 6.19. The zero-order valence-electron chi connectivity index (χ0n) is 20.0. The number of carbonyl (C=O) groups excluding carboxylic acids is 2. The van der Waals surface area contributed by atoms with Crippen molar-refractivity contribution in [2.24, 2.45) is 0 Å². The Balaban J connectivity index is 1.38. The summed E-state index contributed by atoms with van der Waals surface area (Å²) in [5, 5.41) is 28.3. The predicted octanol–water partition coefficient (Wildman–Crippen LogP) is 2.15. The summed E-state index contributed by atoms with van der Waals surface area (Å²) in [6, 6.07) is 10.2. The third kappa shape index (κ3) is 5.07. The Hall–Kier alpha value is -5.07. The lowest BCUT2D eigenvalue weighted by molar-refractivity contribution is 0.0696. The molecule has 2 amide bonds. The van der Waals surface area contributed by atoms with Crippen LogP contribution >= 0.6 is 0 Å². The zero-order valence-corrected chi connectivity index (χ0v) is 20.0. The first-order valence-corrected chi connectivity index (χ1v) is 11.6. The second kappa shape index (κ2) is 10.1. The number of benzene rings is 2. The molecule has 38 heavy (non-hydrogen) atoms. The van der Waals surface area contributed by atoms with Crippen LogP contribution in [0.4, 0.5) is 4.39 Å². The Labute approximate surface area is 214 Å². The van der Waals surface area contributed by atoms with E-state index < -0.39 is 17.8 Å². The van der Waals surface area contributed by atoms with E-state index >= 15 is 0 Å². The molecule has 5 rings (SSSR count). The summed E-state index contributed by atoms with van der Waals surface area (Å²) in [6.07, 6.45) is 1.19. The lowest BCUT2D eigenvalue weighted by Crippen LogP contribution is -2.30. The fourth-order valence-electron chi connectivity index (χ4n) is 4.26. The quantitative estimate of drug-likeness (QED) is 0.287. The van der Waals surface area contributed by atoms with Gasteiger partial charge in [0, 0.05) is 12.6 Å². The molecule has 4 N–H and O–H groups in total. The number of aromatic amines is 1. The second-order valence-electron chi connectivity index (χ2n) is 8.75. The van der Waals surface area contributed by atoms with Crippen LogP contribution in [-0.4, -0.2) is 53.5 Å². The lowest BCUT2D eigenvalue weighted by atomic mass is 10.0. The first-order valence-electron chi connectivity index (χ1n) is 11.6. The van der Waals surface area contributed by atoms with Gasteiger partial charge in [-0.05, 0) is 65.4 Å². The number of carboxylic acids is 1. The molecule has 0 unspecified atom stereocenters. The Morgan fingerprint density at radius 1 is 1.05 bits per heavy atom. The Morgan fingerprint density at radius 3 is 2.55 bits per heavy atom. The standard InChI is InChI=1S/C25H21FN8O4/c1-12-8-13(2-6-17(12)26)11-27-23(35)19-10-20(29-21(28-19)22-31-33-34-32-22)24(36)30-18-7-4-14-9-15(25(37)38)3-5-16(14)18/h2-3,5-6,8-10,18H,4,7,11H2,1H3,(H,27,35)(H,30,36)(H,37,38)(H,31,32,33,34)/t18-/m0/s1. The Kier molecular flexibility index (Phi) is 6.56. The van der Waals surface area contributed by atoms with Gasteiger partial charge in [-0.3, -0.25) is 9.59 Å². The molecule has 1 atom stereocenters. The van der Waals surface area contributed by atoms with Crippen molar-refractivity contribution in [3.63, 3.8) is 0 Å². The van der Waals surface area contributed by atoms with Crippen LogP contribution in [0.2, 0.25) is 0 Å². The van der Waals surface area contributed by atoms with Crippen molar-refractivity contribution in [3.05, 3.63) is 87.5 Å². The van der Waals surface area contributed by atoms with E-state index in [2.05, 4.69) is 41.2 Å². The molecule has 2 heterocycles. The zero-order chi connectivity index (χ0) is 26.8. The van der Waals surface area contributed by atoms with Crippen molar-refractivity contribution in [1.29, 1.82) is 0 Å². The van der Waals surface area contributed by atoms with E-state index in [4.69, 9.17) is 0 Å². The van der Waals surface area contributed by atoms with Crippen LogP contribution in [0.15, 0.2) is 42.5 Å². The molecule has 13 heteroatoms. The van der Waals surface area contributed by atoms with Gasteiger partial charge >= 0.3 is 5.97 Å². The highest BCUT2D eigenvalue weighted by Gasteiger charge is 2.27. The van der Waals surface area contributed by atoms with Gasteiger partial charge in [-0.15, -0.1) is 10.2 Å². The van der Waals surface area contributed by atoms with Gasteiger partial charge in [-0.1, -0.05) is 18.2 Å². The van der Waals surface area contributed by atoms with Gasteiger partial charge in [0.2, 0.25) is 11.6 Å². The molecule has 0 spiro atoms. The molecule has 1 aliphatic rings. The summed E-state index contributed by atoms with van der Waals surface area (Å²) < 4.78 is 13.6. The number of hydrogen-bond acceptors (Lipinski definition) is 8. The number of rotatable bonds is 7. The molecule has 192 valence electrons. The summed E-state index contributed by atoms with van der Waals surface area (Å²) in [5.41, 5.74) is 2.81. The SMILES string of the molecule is Cc1cc(CNC(=O)c2cc(C(=O)N[C@H]3CCc4cc(C(=O)O)ccc43)nc(-c3nn[nH]n3)n2)ccc1F. The number of aromatic nitrogens is 6. The molecular weight excluding hydrogens is 495 g/mol. The van der Waals surface area contributed by atoms with Gasteiger partial charge in [-0.25, -0.2) is 19.2 Å². The van der Waals surface area contributed by atoms with Crippen molar-refractivity contribution in [2.45, 2.75) is 32.4 Å². The maximum atomic E-state index is 13.6. The van der Waals surface area contributed by atoms with Crippen LogP contribution in [-0.2, 0) is 13.0 Å². The molecule has 12 nitrogen and oxygen atoms in total. The average molecular weight is 516 g/mol. The summed E-state index contributed by atoms with van der Waals surface area (Å²) in [6.45, 7) is 1.74. The highest BCUT2D eigenvalue weighted by molar-refractivity contribution is 5.98. The number of hydrogen-bond donors (Lipinski definition) is 4. The molecule has 0 saturated heterocycles. The normalized spacial score (nSPS) is 14.1. The van der Waals surface area contributed by atoms with Gasteiger partial charge in [0.05, 0.1) is 11.6 Å². The number of halogens is 1. The summed E-state index contributed by atoms with van der Waals surface area (Å²) in [4.78, 5) is 45.8. The van der Waals surface area contributed by atoms with Gasteiger partial charge in [0.15, 0.2) is 0 Å². The first kappa shape index (κ1) is 24.6. The van der Waals surface area contributed by atoms with Crippen molar-refractivity contribution in [2.75, 3.05) is 0 Å². The largest absolute Gasteiger partial charge is 0.478 e. The van der Waals surface area contributed by atoms with Crippen LogP contribution < -0.4 is 10.6 Å². The van der Waals surface area contributed by atoms with Crippen LogP contribution in [0.1, 0.15) is 66.1 Å². The summed E-state index contributed by atoms with van der Waals surface area (Å²) >= 11 is 0. The van der Waals surface area contributed by atoms with Crippen molar-refractivity contribution in [1.82, 2.24) is 41.2 Å². The van der Waals surface area contributed by atoms with Gasteiger partial charge in [-0.2, -0.15) is 5.21 Å². The van der Waals surface area contributed by atoms with Crippen molar-refractivity contribution in [3.8, 4) is 11.6 Å². The topological polar surface area (TPSA) is 176 Å². The maximum Gasteiger partial charge on any atom is 0.335 e. The molecule has 0 fully saturated rings. The monoisotopic (exact) mass is 516 g/mol. The lowest BCUT2D eigenvalue weighted by Gasteiger charge is -2.15. The maximum absolute atomic E-state index is 13.6. The highest BCUT2D eigenvalue weighted by atomic mass is 19.1. The summed E-state index contributed by atoms with van der Waals surface area (Å²) in [7, 11) is 0. The Morgan fingerprint density at radius 2 is 1.84 bits per heavy atom. The number of tetrazole rings is 1. The minimum Gasteiger partial charge on any atom is -0.478 e. The van der Waals surface area contributed by atoms with Crippen LogP contribution in [0.25, 0.3) is 11.6 Å². The molecule has 0 aliphatic heterocycles. The number of carboxylic acid groups (broad SMARTS) is 1. The molecule has 2 aromatic heterocycles. The fraction of sp³-hybridized carbons (Fsp3) is 0.200. The van der Waals surface area contributed by atoms with E-state index in [0.29, 0.717) is 24.0 Å². The smallest absolute Gasteiger partial charge is 0.335 e. The van der Waals surface area contributed by atoms with E-state index in [-0.39, 0.29) is 47.0 Å². The number of carbonyl (C=O) groups is 3. The second-order valence-corrected chi connectivity index (χ2v) is 8.75. The van der Waals surface area contributed by atoms with E-state index in [9.17, 15) is 23.9 Å². The molecule has 0 saturated carbocycles. The van der Waals surface area contributed by atoms with Crippen molar-refractivity contribution >= 4 is 17.8 Å². The highest BCUT2D eigenvalue weighted by Crippen LogP contribution is 2.32. The van der Waals surface area contributed by atoms with Crippen LogP contribution in [0, 0.1) is 12.7 Å². The molecule has 4 aromatic rings. The van der Waals surface area contributed by atoms with Crippen LogP contribution in [0.5, 0.6) is 0 Å². The van der Waals surface area contributed by atoms with Gasteiger partial charge in [0.1, 0.15) is 17.2 Å². The van der Waals surface area contributed by atoms with E-state index in [1.54, 1.807) is 31.2 Å². The average Bonchev–Trinajstić information content (AvgIpc) is 3.59. The van der Waals surface area contributed by atoms with E-state index in [1.165, 1.54) is 18.2 Å². The molecule has 2 aromatic carbocycles. The van der Waals surface area contributed by atoms with Gasteiger partial charge in [0.25, 0.3) is 11.8 Å². The number of nitrogens with one attached hydrogen (secondary N) is 3. The number of H-pyrrole nitrogens is 1. The van der Waals surface area contributed by atoms with E-state index in [0.717, 1.165) is 11.1 Å². The number of nitrogens with zero attached hydrogens (tertiary/aromatic N) is 5. The molecule has 1 aliphatic carbocycles. The van der Waals surface area contributed by atoms with Crippen molar-refractivity contribution < 1.29 is 23.9 Å². The minimum atomic E-state index is -1.02. The van der Waals surface area contributed by atoms with Crippen LogP contribution in [0.3, 0.4) is 0 Å². The molecule has 0 radical (unpaired) electrons. The van der Waals surface area contributed by atoms with E-state index in [1.807, 2.05) is 0 Å². The fourth-order valence-corrected chi connectivity index (χ4v) is 4.26. The van der Waals surface area contributed by atoms with Gasteiger partial charge < -0.3 is 15.7 Å². The molecular formula is C25H21FN8O4. The minimum absolute atomic E-state index is 0.00438. The number of aryl methyl sites for hydroxylation is 2. The number of fused-ring (bicyclic) bond motifs is 1.